The summed E-state index contributed by atoms with van der Waals surface area (Å²) in [7, 11) is 6.37. The quantitative estimate of drug-likeness (QED) is 0.763. The number of halogens is 1. The maximum Gasteiger partial charge on any atom is 0.177 e. The fraction of sp³-hybridized carbons (Fsp3) is 0.700. The Balaban J connectivity index is 2.27. The zero-order chi connectivity index (χ0) is 10.3. The number of aromatic nitrogens is 2. The molecule has 14 heavy (non-hydrogen) atoms. The van der Waals surface area contributed by atoms with Crippen molar-refractivity contribution < 1.29 is 0 Å². The second-order valence-electron chi connectivity index (χ2n) is 4.19. The Morgan fingerprint density at radius 3 is 2.86 bits per heavy atom. The molecule has 1 heterocycles. The van der Waals surface area contributed by atoms with Crippen LogP contribution in [0.3, 0.4) is 0 Å². The summed E-state index contributed by atoms with van der Waals surface area (Å²) < 4.78 is 3.11. The second kappa shape index (κ2) is 3.66. The maximum atomic E-state index is 4.54. The van der Waals surface area contributed by atoms with Gasteiger partial charge >= 0.3 is 0 Å². The van der Waals surface area contributed by atoms with Gasteiger partial charge in [0.2, 0.25) is 0 Å². The zero-order valence-electron chi connectivity index (χ0n) is 8.92. The van der Waals surface area contributed by atoms with E-state index in [-0.39, 0.29) is 0 Å². The van der Waals surface area contributed by atoms with E-state index in [9.17, 15) is 0 Å². The van der Waals surface area contributed by atoms with Crippen LogP contribution in [0.2, 0.25) is 0 Å². The molecule has 1 aromatic rings. The first-order chi connectivity index (χ1) is 6.59. The SMILES string of the molecule is CN(C)C1CCc2c(nc(Br)n2C)C1. The van der Waals surface area contributed by atoms with Crippen LogP contribution < -0.4 is 0 Å². The standard InChI is InChI=1S/C10H16BrN3/c1-13(2)7-4-5-9-8(6-7)12-10(11)14(9)3/h7H,4-6H2,1-3H3. The number of imidazole rings is 1. The number of likely N-dealkylation sites (N-methyl/N-ethyl adjacent to an activating group) is 1. The van der Waals surface area contributed by atoms with Crippen molar-refractivity contribution in [2.75, 3.05) is 14.1 Å². The minimum absolute atomic E-state index is 0.657. The van der Waals surface area contributed by atoms with Gasteiger partial charge in [-0.05, 0) is 42.9 Å². The smallest absolute Gasteiger partial charge is 0.177 e. The van der Waals surface area contributed by atoms with Gasteiger partial charge in [0, 0.05) is 25.2 Å². The normalized spacial score (nSPS) is 21.4. The van der Waals surface area contributed by atoms with Gasteiger partial charge in [0.05, 0.1) is 5.69 Å². The van der Waals surface area contributed by atoms with Crippen molar-refractivity contribution >= 4 is 15.9 Å². The van der Waals surface area contributed by atoms with E-state index in [0.717, 1.165) is 17.6 Å². The highest BCUT2D eigenvalue weighted by molar-refractivity contribution is 9.10. The molecule has 4 heteroatoms. The monoisotopic (exact) mass is 257 g/mol. The first-order valence-corrected chi connectivity index (χ1v) is 5.75. The molecule has 0 aromatic carbocycles. The van der Waals surface area contributed by atoms with E-state index >= 15 is 0 Å². The van der Waals surface area contributed by atoms with Gasteiger partial charge in [0.1, 0.15) is 0 Å². The zero-order valence-corrected chi connectivity index (χ0v) is 10.5. The summed E-state index contributed by atoms with van der Waals surface area (Å²) in [6, 6.07) is 0.657. The number of hydrogen-bond donors (Lipinski definition) is 0. The minimum Gasteiger partial charge on any atom is -0.326 e. The van der Waals surface area contributed by atoms with Gasteiger partial charge in [-0.15, -0.1) is 0 Å². The fourth-order valence-corrected chi connectivity index (χ4v) is 2.53. The first-order valence-electron chi connectivity index (χ1n) is 4.96. The molecule has 0 radical (unpaired) electrons. The van der Waals surface area contributed by atoms with E-state index in [1.54, 1.807) is 0 Å². The summed E-state index contributed by atoms with van der Waals surface area (Å²) in [5, 5.41) is 0. The van der Waals surface area contributed by atoms with Crippen LogP contribution in [0.15, 0.2) is 4.73 Å². The maximum absolute atomic E-state index is 4.54. The molecule has 1 unspecified atom stereocenters. The first kappa shape index (κ1) is 10.2. The third-order valence-electron chi connectivity index (χ3n) is 3.12. The van der Waals surface area contributed by atoms with Crippen LogP contribution in [0.4, 0.5) is 0 Å². The molecule has 1 aromatic heterocycles. The van der Waals surface area contributed by atoms with Crippen molar-refractivity contribution in [2.24, 2.45) is 7.05 Å². The summed E-state index contributed by atoms with van der Waals surface area (Å²) in [4.78, 5) is 6.83. The van der Waals surface area contributed by atoms with E-state index in [0.29, 0.717) is 6.04 Å². The van der Waals surface area contributed by atoms with Crippen molar-refractivity contribution in [1.82, 2.24) is 14.5 Å². The van der Waals surface area contributed by atoms with Crippen LogP contribution in [0.5, 0.6) is 0 Å². The highest BCUT2D eigenvalue weighted by Gasteiger charge is 2.24. The molecule has 0 saturated carbocycles. The lowest BCUT2D eigenvalue weighted by Gasteiger charge is -2.27. The molecule has 3 nitrogen and oxygen atoms in total. The van der Waals surface area contributed by atoms with E-state index in [1.165, 1.54) is 17.8 Å². The van der Waals surface area contributed by atoms with Crippen molar-refractivity contribution in [2.45, 2.75) is 25.3 Å². The Morgan fingerprint density at radius 1 is 1.50 bits per heavy atom. The molecule has 0 bridgehead atoms. The van der Waals surface area contributed by atoms with Crippen LogP contribution in [0.25, 0.3) is 0 Å². The Hall–Kier alpha value is -0.350. The van der Waals surface area contributed by atoms with Gasteiger partial charge < -0.3 is 9.47 Å². The third kappa shape index (κ3) is 1.61. The Morgan fingerprint density at radius 2 is 2.21 bits per heavy atom. The van der Waals surface area contributed by atoms with Gasteiger partial charge in [-0.2, -0.15) is 0 Å². The lowest BCUT2D eigenvalue weighted by molar-refractivity contribution is 0.265. The minimum atomic E-state index is 0.657. The summed E-state index contributed by atoms with van der Waals surface area (Å²) in [5.41, 5.74) is 2.67. The van der Waals surface area contributed by atoms with Gasteiger partial charge in [0.15, 0.2) is 4.73 Å². The second-order valence-corrected chi connectivity index (χ2v) is 4.90. The molecule has 0 fully saturated rings. The van der Waals surface area contributed by atoms with Gasteiger partial charge in [-0.25, -0.2) is 4.98 Å². The van der Waals surface area contributed by atoms with Crippen LogP contribution >= 0.6 is 15.9 Å². The number of fused-ring (bicyclic) bond motifs is 1. The van der Waals surface area contributed by atoms with Crippen molar-refractivity contribution in [3.8, 4) is 0 Å². The topological polar surface area (TPSA) is 21.1 Å². The van der Waals surface area contributed by atoms with E-state index in [4.69, 9.17) is 0 Å². The van der Waals surface area contributed by atoms with Crippen LogP contribution in [0.1, 0.15) is 17.8 Å². The molecule has 1 atom stereocenters. The lowest BCUT2D eigenvalue weighted by Crippen LogP contribution is -2.33. The van der Waals surface area contributed by atoms with Gasteiger partial charge in [0.25, 0.3) is 0 Å². The summed E-state index contributed by atoms with van der Waals surface area (Å²) in [6.07, 6.45) is 3.47. The molecular formula is C10H16BrN3. The predicted octanol–water partition coefficient (Wildman–Crippen LogP) is 1.60. The molecule has 1 aliphatic carbocycles. The summed E-state index contributed by atoms with van der Waals surface area (Å²) in [6.45, 7) is 0. The Kier molecular flexibility index (Phi) is 2.66. The Bertz CT molecular complexity index is 343. The predicted molar refractivity (Wildman–Crippen MR) is 60.4 cm³/mol. The van der Waals surface area contributed by atoms with Crippen LogP contribution in [-0.2, 0) is 19.9 Å². The average molecular weight is 258 g/mol. The highest BCUT2D eigenvalue weighted by Crippen LogP contribution is 2.25. The number of rotatable bonds is 1. The number of hydrogen-bond acceptors (Lipinski definition) is 2. The summed E-state index contributed by atoms with van der Waals surface area (Å²) in [5.74, 6) is 0. The van der Waals surface area contributed by atoms with Crippen LogP contribution in [0, 0.1) is 0 Å². The molecular weight excluding hydrogens is 242 g/mol. The molecule has 2 rings (SSSR count). The third-order valence-corrected chi connectivity index (χ3v) is 3.82. The highest BCUT2D eigenvalue weighted by atomic mass is 79.9. The van der Waals surface area contributed by atoms with Gasteiger partial charge in [-0.3, -0.25) is 0 Å². The molecule has 0 amide bonds. The summed E-state index contributed by atoms with van der Waals surface area (Å²) >= 11 is 3.47. The molecule has 0 spiro atoms. The number of nitrogens with zero attached hydrogens (tertiary/aromatic N) is 3. The fourth-order valence-electron chi connectivity index (χ4n) is 2.10. The Labute approximate surface area is 93.2 Å². The largest absolute Gasteiger partial charge is 0.326 e. The van der Waals surface area contributed by atoms with E-state index in [1.807, 2.05) is 0 Å². The molecule has 78 valence electrons. The average Bonchev–Trinajstić information content (AvgIpc) is 2.42. The van der Waals surface area contributed by atoms with Gasteiger partial charge in [-0.1, -0.05) is 0 Å². The molecule has 0 N–H and O–H groups in total. The molecule has 0 saturated heterocycles. The molecule has 1 aliphatic rings. The molecule has 0 aliphatic heterocycles. The van der Waals surface area contributed by atoms with E-state index < -0.39 is 0 Å². The van der Waals surface area contributed by atoms with Crippen molar-refractivity contribution in [1.29, 1.82) is 0 Å². The van der Waals surface area contributed by atoms with Crippen molar-refractivity contribution in [3.05, 3.63) is 16.1 Å². The van der Waals surface area contributed by atoms with Crippen molar-refractivity contribution in [3.63, 3.8) is 0 Å². The van der Waals surface area contributed by atoms with Crippen LogP contribution in [-0.4, -0.2) is 34.6 Å². The lowest BCUT2D eigenvalue weighted by atomic mass is 9.95. The van der Waals surface area contributed by atoms with E-state index in [2.05, 4.69) is 51.5 Å².